The summed E-state index contributed by atoms with van der Waals surface area (Å²) >= 11 is 5.11. The summed E-state index contributed by atoms with van der Waals surface area (Å²) in [5, 5.41) is 12.3. The SMILES string of the molecule is CNC(C)(CC(C)Sc1cccc(Br)c1)C(=O)O. The molecule has 0 aromatic heterocycles. The number of benzene rings is 1. The average molecular weight is 332 g/mol. The fraction of sp³-hybridized carbons (Fsp3) is 0.462. The summed E-state index contributed by atoms with van der Waals surface area (Å²) in [6.07, 6.45) is 0.565. The number of thioether (sulfide) groups is 1. The number of likely N-dealkylation sites (N-methyl/N-ethyl adjacent to an activating group) is 1. The van der Waals surface area contributed by atoms with Crippen LogP contribution in [-0.4, -0.2) is 28.9 Å². The first-order chi connectivity index (χ1) is 8.37. The van der Waals surface area contributed by atoms with Crippen LogP contribution in [0.25, 0.3) is 0 Å². The van der Waals surface area contributed by atoms with Crippen LogP contribution in [0.1, 0.15) is 20.3 Å². The van der Waals surface area contributed by atoms with Crippen molar-refractivity contribution in [3.05, 3.63) is 28.7 Å². The lowest BCUT2D eigenvalue weighted by Crippen LogP contribution is -2.49. The van der Waals surface area contributed by atoms with Crippen LogP contribution >= 0.6 is 27.7 Å². The van der Waals surface area contributed by atoms with Gasteiger partial charge in [0.25, 0.3) is 0 Å². The van der Waals surface area contributed by atoms with Gasteiger partial charge in [0.15, 0.2) is 0 Å². The summed E-state index contributed by atoms with van der Waals surface area (Å²) in [5.74, 6) is -0.813. The lowest BCUT2D eigenvalue weighted by Gasteiger charge is -2.27. The molecule has 0 saturated heterocycles. The second-order valence-electron chi connectivity index (χ2n) is 4.48. The van der Waals surface area contributed by atoms with Gasteiger partial charge in [-0.15, -0.1) is 11.8 Å². The molecule has 0 heterocycles. The minimum absolute atomic E-state index is 0.216. The number of hydrogen-bond donors (Lipinski definition) is 2. The zero-order chi connectivity index (χ0) is 13.8. The molecule has 0 aliphatic rings. The maximum absolute atomic E-state index is 11.2. The van der Waals surface area contributed by atoms with E-state index in [1.54, 1.807) is 25.7 Å². The first kappa shape index (κ1) is 15.5. The van der Waals surface area contributed by atoms with Crippen molar-refractivity contribution in [2.45, 2.75) is 36.0 Å². The first-order valence-electron chi connectivity index (χ1n) is 5.72. The third-order valence-electron chi connectivity index (χ3n) is 2.85. The molecule has 100 valence electrons. The number of aliphatic carboxylic acids is 1. The van der Waals surface area contributed by atoms with Crippen molar-refractivity contribution in [3.63, 3.8) is 0 Å². The lowest BCUT2D eigenvalue weighted by atomic mass is 9.96. The van der Waals surface area contributed by atoms with Gasteiger partial charge in [-0.25, -0.2) is 0 Å². The Morgan fingerprint density at radius 1 is 1.61 bits per heavy atom. The fourth-order valence-corrected chi connectivity index (χ4v) is 3.47. The molecule has 0 bridgehead atoms. The Bertz CT molecular complexity index is 427. The molecule has 3 nitrogen and oxygen atoms in total. The Hall–Kier alpha value is -0.520. The van der Waals surface area contributed by atoms with E-state index in [9.17, 15) is 9.90 Å². The number of carboxylic acid groups (broad SMARTS) is 1. The normalized spacial score (nSPS) is 16.0. The molecular formula is C13H18BrNO2S. The number of rotatable bonds is 6. The van der Waals surface area contributed by atoms with Gasteiger partial charge < -0.3 is 10.4 Å². The van der Waals surface area contributed by atoms with E-state index in [2.05, 4.69) is 21.2 Å². The Labute approximate surface area is 120 Å². The van der Waals surface area contributed by atoms with Crippen molar-refractivity contribution in [1.82, 2.24) is 5.32 Å². The molecule has 18 heavy (non-hydrogen) atoms. The van der Waals surface area contributed by atoms with Gasteiger partial charge >= 0.3 is 5.97 Å². The van der Waals surface area contributed by atoms with Crippen molar-refractivity contribution < 1.29 is 9.90 Å². The first-order valence-corrected chi connectivity index (χ1v) is 7.39. The highest BCUT2D eigenvalue weighted by molar-refractivity contribution is 9.10. The third kappa shape index (κ3) is 4.30. The van der Waals surface area contributed by atoms with Gasteiger partial charge in [-0.1, -0.05) is 28.9 Å². The Morgan fingerprint density at radius 3 is 2.78 bits per heavy atom. The molecule has 2 unspecified atom stereocenters. The topological polar surface area (TPSA) is 49.3 Å². The highest BCUT2D eigenvalue weighted by Crippen LogP contribution is 2.30. The average Bonchev–Trinajstić information content (AvgIpc) is 2.28. The summed E-state index contributed by atoms with van der Waals surface area (Å²) in [5.41, 5.74) is -0.877. The van der Waals surface area contributed by atoms with Crippen molar-refractivity contribution in [2.24, 2.45) is 0 Å². The molecule has 5 heteroatoms. The van der Waals surface area contributed by atoms with Crippen LogP contribution in [0.4, 0.5) is 0 Å². The zero-order valence-corrected chi connectivity index (χ0v) is 13.1. The van der Waals surface area contributed by atoms with Crippen LogP contribution in [0, 0.1) is 0 Å². The number of hydrogen-bond acceptors (Lipinski definition) is 3. The molecule has 0 aliphatic carbocycles. The lowest BCUT2D eigenvalue weighted by molar-refractivity contribution is -0.144. The summed E-state index contributed by atoms with van der Waals surface area (Å²) in [7, 11) is 1.69. The van der Waals surface area contributed by atoms with E-state index in [1.807, 2.05) is 31.2 Å². The highest BCUT2D eigenvalue weighted by Gasteiger charge is 2.33. The number of carboxylic acids is 1. The molecule has 2 atom stereocenters. The van der Waals surface area contributed by atoms with Crippen LogP contribution in [0.2, 0.25) is 0 Å². The van der Waals surface area contributed by atoms with Gasteiger partial charge in [-0.3, -0.25) is 4.79 Å². The minimum Gasteiger partial charge on any atom is -0.480 e. The minimum atomic E-state index is -0.877. The van der Waals surface area contributed by atoms with E-state index in [-0.39, 0.29) is 5.25 Å². The molecular weight excluding hydrogens is 314 g/mol. The molecule has 1 aromatic rings. The molecule has 0 radical (unpaired) electrons. The second kappa shape index (κ2) is 6.59. The molecule has 2 N–H and O–H groups in total. The van der Waals surface area contributed by atoms with E-state index in [0.717, 1.165) is 9.37 Å². The number of carbonyl (C=O) groups is 1. The maximum atomic E-state index is 11.2. The predicted octanol–water partition coefficient (Wildman–Crippen LogP) is 3.38. The van der Waals surface area contributed by atoms with Gasteiger partial charge in [0.2, 0.25) is 0 Å². The monoisotopic (exact) mass is 331 g/mol. The van der Waals surface area contributed by atoms with E-state index < -0.39 is 11.5 Å². The van der Waals surface area contributed by atoms with Crippen LogP contribution < -0.4 is 5.32 Å². The number of nitrogens with one attached hydrogen (secondary N) is 1. The third-order valence-corrected chi connectivity index (χ3v) is 4.44. The maximum Gasteiger partial charge on any atom is 0.323 e. The number of halogens is 1. The van der Waals surface area contributed by atoms with Crippen LogP contribution in [-0.2, 0) is 4.79 Å². The van der Waals surface area contributed by atoms with E-state index in [1.165, 1.54) is 0 Å². The summed E-state index contributed by atoms with van der Waals surface area (Å²) in [6, 6.07) is 8.03. The molecule has 0 amide bonds. The van der Waals surface area contributed by atoms with Gasteiger partial charge in [0, 0.05) is 14.6 Å². The Balaban J connectivity index is 2.66. The summed E-state index contributed by atoms with van der Waals surface area (Å²) in [4.78, 5) is 12.4. The van der Waals surface area contributed by atoms with E-state index in [4.69, 9.17) is 0 Å². The molecule has 1 aromatic carbocycles. The van der Waals surface area contributed by atoms with Gasteiger partial charge in [0.05, 0.1) is 0 Å². The molecule has 0 spiro atoms. The Kier molecular flexibility index (Phi) is 5.69. The fourth-order valence-electron chi connectivity index (χ4n) is 1.69. The van der Waals surface area contributed by atoms with Crippen molar-refractivity contribution >= 4 is 33.7 Å². The van der Waals surface area contributed by atoms with Crippen LogP contribution in [0.5, 0.6) is 0 Å². The summed E-state index contributed by atoms with van der Waals surface area (Å²) < 4.78 is 1.04. The molecule has 0 fully saturated rings. The van der Waals surface area contributed by atoms with Crippen molar-refractivity contribution in [2.75, 3.05) is 7.05 Å². The smallest absolute Gasteiger partial charge is 0.323 e. The van der Waals surface area contributed by atoms with Gasteiger partial charge in [-0.2, -0.15) is 0 Å². The van der Waals surface area contributed by atoms with Gasteiger partial charge in [0.1, 0.15) is 5.54 Å². The van der Waals surface area contributed by atoms with Crippen molar-refractivity contribution in [3.8, 4) is 0 Å². The quantitative estimate of drug-likeness (QED) is 0.784. The standard InChI is InChI=1S/C13H18BrNO2S/c1-9(8-13(2,15-3)12(16)17)18-11-6-4-5-10(14)7-11/h4-7,9,15H,8H2,1-3H3,(H,16,17). The van der Waals surface area contributed by atoms with E-state index in [0.29, 0.717) is 6.42 Å². The predicted molar refractivity (Wildman–Crippen MR) is 79.2 cm³/mol. The molecule has 0 aliphatic heterocycles. The van der Waals surface area contributed by atoms with Crippen LogP contribution in [0.15, 0.2) is 33.6 Å². The van der Waals surface area contributed by atoms with Crippen LogP contribution in [0.3, 0.4) is 0 Å². The summed E-state index contributed by atoms with van der Waals surface area (Å²) in [6.45, 7) is 3.76. The van der Waals surface area contributed by atoms with E-state index >= 15 is 0 Å². The Morgan fingerprint density at radius 2 is 2.28 bits per heavy atom. The largest absolute Gasteiger partial charge is 0.480 e. The highest BCUT2D eigenvalue weighted by atomic mass is 79.9. The molecule has 0 saturated carbocycles. The second-order valence-corrected chi connectivity index (χ2v) is 6.90. The van der Waals surface area contributed by atoms with Gasteiger partial charge in [-0.05, 0) is 38.6 Å². The van der Waals surface area contributed by atoms with Crippen molar-refractivity contribution in [1.29, 1.82) is 0 Å². The molecule has 1 rings (SSSR count). The zero-order valence-electron chi connectivity index (χ0n) is 10.7.